The molecule has 1 atom stereocenters. The lowest BCUT2D eigenvalue weighted by atomic mass is 9.90. The summed E-state index contributed by atoms with van der Waals surface area (Å²) in [5, 5.41) is 0. The van der Waals surface area contributed by atoms with Gasteiger partial charge in [0, 0.05) is 30.7 Å². The zero-order valence-corrected chi connectivity index (χ0v) is 19.8. The number of para-hydroxylation sites is 1. The van der Waals surface area contributed by atoms with Crippen LogP contribution < -0.4 is 4.74 Å². The number of amides is 1. The molecule has 2 aliphatic heterocycles. The molecule has 2 aromatic rings. The lowest BCUT2D eigenvalue weighted by molar-refractivity contribution is 0.0481. The second-order valence-electron chi connectivity index (χ2n) is 9.05. The predicted octanol–water partition coefficient (Wildman–Crippen LogP) is 5.52. The van der Waals surface area contributed by atoms with Gasteiger partial charge in [-0.15, -0.1) is 12.4 Å². The Morgan fingerprint density at radius 2 is 1.78 bits per heavy atom. The third kappa shape index (κ3) is 5.62. The van der Waals surface area contributed by atoms with Gasteiger partial charge in [0.2, 0.25) is 0 Å². The number of hydrogen-bond acceptors (Lipinski definition) is 3. The van der Waals surface area contributed by atoms with Crippen LogP contribution in [0.5, 0.6) is 5.75 Å². The van der Waals surface area contributed by atoms with Gasteiger partial charge in [-0.3, -0.25) is 4.79 Å². The number of carbonyl (C=O) groups is 1. The average Bonchev–Trinajstić information content (AvgIpc) is 2.79. The number of fused-ring (bicyclic) bond motifs is 1. The first kappa shape index (κ1) is 24.5. The summed E-state index contributed by atoms with van der Waals surface area (Å²) in [4.78, 5) is 17.6. The van der Waals surface area contributed by atoms with E-state index in [0.29, 0.717) is 11.5 Å². The fraction of sp³-hybridized carbons (Fsp3) is 0.500. The van der Waals surface area contributed by atoms with E-state index < -0.39 is 0 Å². The van der Waals surface area contributed by atoms with Crippen LogP contribution in [0.2, 0.25) is 0 Å². The molecule has 32 heavy (non-hydrogen) atoms. The van der Waals surface area contributed by atoms with E-state index in [1.54, 1.807) is 12.1 Å². The molecule has 2 aliphatic rings. The Labute approximate surface area is 197 Å². The van der Waals surface area contributed by atoms with E-state index in [2.05, 4.69) is 36.9 Å². The molecule has 0 saturated carbocycles. The maximum atomic E-state index is 13.3. The molecule has 6 heteroatoms. The molecule has 0 aromatic heterocycles. The Balaban J connectivity index is 0.00000289. The van der Waals surface area contributed by atoms with Gasteiger partial charge < -0.3 is 14.5 Å². The van der Waals surface area contributed by atoms with E-state index in [1.165, 1.54) is 17.7 Å². The highest BCUT2D eigenvalue weighted by atomic mass is 35.5. The van der Waals surface area contributed by atoms with E-state index in [1.807, 2.05) is 11.0 Å². The van der Waals surface area contributed by atoms with Crippen molar-refractivity contribution >= 4 is 18.3 Å². The minimum absolute atomic E-state index is 0. The van der Waals surface area contributed by atoms with Gasteiger partial charge in [0.1, 0.15) is 11.6 Å². The van der Waals surface area contributed by atoms with E-state index in [-0.39, 0.29) is 36.2 Å². The van der Waals surface area contributed by atoms with Crippen molar-refractivity contribution in [2.75, 3.05) is 26.2 Å². The molecule has 4 nitrogen and oxygen atoms in total. The van der Waals surface area contributed by atoms with Crippen LogP contribution in [0.3, 0.4) is 0 Å². The first-order valence-electron chi connectivity index (χ1n) is 11.5. The van der Waals surface area contributed by atoms with Crippen molar-refractivity contribution in [3.8, 4) is 5.75 Å². The summed E-state index contributed by atoms with van der Waals surface area (Å²) < 4.78 is 19.1. The molecule has 0 radical (unpaired) electrons. The third-order valence-corrected chi connectivity index (χ3v) is 6.71. The largest absolute Gasteiger partial charge is 0.493 e. The summed E-state index contributed by atoms with van der Waals surface area (Å²) in [5.74, 6) is 1.31. The molecule has 1 unspecified atom stereocenters. The summed E-state index contributed by atoms with van der Waals surface area (Å²) in [6.07, 6.45) is 4.19. The molecule has 0 N–H and O–H groups in total. The Morgan fingerprint density at radius 1 is 1.09 bits per heavy atom. The molecule has 2 aromatic carbocycles. The molecule has 0 aliphatic carbocycles. The molecule has 0 spiro atoms. The number of carbonyl (C=O) groups excluding carboxylic acids is 1. The molecule has 1 saturated heterocycles. The summed E-state index contributed by atoms with van der Waals surface area (Å²) in [7, 11) is 0. The van der Waals surface area contributed by atoms with Gasteiger partial charge in [-0.1, -0.05) is 18.2 Å². The van der Waals surface area contributed by atoms with Gasteiger partial charge in [0.05, 0.1) is 6.61 Å². The van der Waals surface area contributed by atoms with Crippen LogP contribution in [0, 0.1) is 5.82 Å². The van der Waals surface area contributed by atoms with Crippen LogP contribution in [0.15, 0.2) is 48.5 Å². The number of benzene rings is 2. The van der Waals surface area contributed by atoms with Crippen molar-refractivity contribution in [3.63, 3.8) is 0 Å². The zero-order valence-electron chi connectivity index (χ0n) is 19.0. The molecule has 1 fully saturated rings. The topological polar surface area (TPSA) is 32.8 Å². The lowest BCUT2D eigenvalue weighted by Gasteiger charge is -2.41. The van der Waals surface area contributed by atoms with Crippen molar-refractivity contribution in [3.05, 3.63) is 65.5 Å². The highest BCUT2D eigenvalue weighted by molar-refractivity contribution is 5.94. The van der Waals surface area contributed by atoms with Crippen LogP contribution in [0.1, 0.15) is 61.4 Å². The van der Waals surface area contributed by atoms with Gasteiger partial charge in [-0.05, 0) is 87.9 Å². The minimum atomic E-state index is -0.312. The number of piperidine rings is 1. The van der Waals surface area contributed by atoms with E-state index in [4.69, 9.17) is 4.74 Å². The molecule has 4 rings (SSSR count). The van der Waals surface area contributed by atoms with E-state index in [9.17, 15) is 9.18 Å². The number of halogens is 2. The fourth-order valence-corrected chi connectivity index (χ4v) is 5.04. The molecule has 2 heterocycles. The summed E-state index contributed by atoms with van der Waals surface area (Å²) in [5.41, 5.74) is 1.91. The lowest BCUT2D eigenvalue weighted by Crippen LogP contribution is -2.50. The van der Waals surface area contributed by atoms with Crippen LogP contribution in [0.25, 0.3) is 0 Å². The number of hydrogen-bond donors (Lipinski definition) is 0. The van der Waals surface area contributed by atoms with Gasteiger partial charge in [-0.2, -0.15) is 0 Å². The number of rotatable bonds is 6. The highest BCUT2D eigenvalue weighted by Crippen LogP contribution is 2.35. The Morgan fingerprint density at radius 3 is 2.47 bits per heavy atom. The minimum Gasteiger partial charge on any atom is -0.493 e. The van der Waals surface area contributed by atoms with Crippen LogP contribution in [0.4, 0.5) is 4.39 Å². The van der Waals surface area contributed by atoms with Crippen molar-refractivity contribution < 1.29 is 13.9 Å². The van der Waals surface area contributed by atoms with Gasteiger partial charge in [-0.25, -0.2) is 4.39 Å². The van der Waals surface area contributed by atoms with Crippen molar-refractivity contribution in [1.29, 1.82) is 0 Å². The first-order chi connectivity index (χ1) is 15.0. The standard InChI is InChI=1S/C26H33FN2O2.ClH/c1-19(2)29(26(30)21-7-9-22(27)10-8-21)23-12-16-28(17-13-23)15-11-20-14-18-31-25-6-4-3-5-24(20)25;/h3-10,19-20,23H,11-18H2,1-2H3;1H. The zero-order chi connectivity index (χ0) is 21.8. The fourth-order valence-electron chi connectivity index (χ4n) is 5.04. The monoisotopic (exact) mass is 460 g/mol. The third-order valence-electron chi connectivity index (χ3n) is 6.71. The first-order valence-corrected chi connectivity index (χ1v) is 11.5. The number of nitrogens with zero attached hydrogens (tertiary/aromatic N) is 2. The Hall–Kier alpha value is -2.11. The normalized spacial score (nSPS) is 19.1. The van der Waals surface area contributed by atoms with Crippen molar-refractivity contribution in [2.24, 2.45) is 0 Å². The van der Waals surface area contributed by atoms with E-state index >= 15 is 0 Å². The van der Waals surface area contributed by atoms with E-state index in [0.717, 1.165) is 57.7 Å². The second-order valence-corrected chi connectivity index (χ2v) is 9.05. The van der Waals surface area contributed by atoms with Crippen LogP contribution >= 0.6 is 12.4 Å². The molecular formula is C26H34ClFN2O2. The maximum Gasteiger partial charge on any atom is 0.254 e. The van der Waals surface area contributed by atoms with Crippen LogP contribution in [-0.4, -0.2) is 54.0 Å². The molecular weight excluding hydrogens is 427 g/mol. The Kier molecular flexibility index (Phi) is 8.55. The quantitative estimate of drug-likeness (QED) is 0.569. The van der Waals surface area contributed by atoms with Gasteiger partial charge >= 0.3 is 0 Å². The summed E-state index contributed by atoms with van der Waals surface area (Å²) in [6, 6.07) is 14.7. The highest BCUT2D eigenvalue weighted by Gasteiger charge is 2.31. The van der Waals surface area contributed by atoms with Crippen LogP contribution in [-0.2, 0) is 0 Å². The smallest absolute Gasteiger partial charge is 0.254 e. The van der Waals surface area contributed by atoms with Gasteiger partial charge in [0.15, 0.2) is 0 Å². The predicted molar refractivity (Wildman–Crippen MR) is 128 cm³/mol. The molecule has 1 amide bonds. The molecule has 0 bridgehead atoms. The summed E-state index contributed by atoms with van der Waals surface area (Å²) in [6.45, 7) is 8.04. The van der Waals surface area contributed by atoms with Crippen molar-refractivity contribution in [2.45, 2.75) is 57.5 Å². The summed E-state index contributed by atoms with van der Waals surface area (Å²) >= 11 is 0. The van der Waals surface area contributed by atoms with Gasteiger partial charge in [0.25, 0.3) is 5.91 Å². The number of ether oxygens (including phenoxy) is 1. The number of likely N-dealkylation sites (tertiary alicyclic amines) is 1. The average molecular weight is 461 g/mol. The molecule has 174 valence electrons. The van der Waals surface area contributed by atoms with Crippen molar-refractivity contribution in [1.82, 2.24) is 9.80 Å². The second kappa shape index (κ2) is 11.2. The maximum absolute atomic E-state index is 13.3. The SMILES string of the molecule is CC(C)N(C(=O)c1ccc(F)cc1)C1CCN(CCC2CCOc3ccccc32)CC1.Cl. The Bertz CT molecular complexity index is 882.